The van der Waals surface area contributed by atoms with Crippen LogP contribution in [0.3, 0.4) is 0 Å². The highest BCUT2D eigenvalue weighted by molar-refractivity contribution is 6.31. The first kappa shape index (κ1) is 33.6. The highest BCUT2D eigenvalue weighted by Crippen LogP contribution is 2.38. The zero-order valence-corrected chi connectivity index (χ0v) is 26.2. The molecule has 11 heteroatoms. The third-order valence-electron chi connectivity index (χ3n) is 7.53. The number of aromatic amines is 1. The Hall–Kier alpha value is -3.31. The van der Waals surface area contributed by atoms with E-state index < -0.39 is 6.10 Å². The summed E-state index contributed by atoms with van der Waals surface area (Å²) in [6, 6.07) is 20.5. The molecular formula is C33H39Cl2N3O6. The number of benzene rings is 3. The zero-order valence-electron chi connectivity index (χ0n) is 24.7. The van der Waals surface area contributed by atoms with Crippen molar-refractivity contribution < 1.29 is 29.6 Å². The van der Waals surface area contributed by atoms with Gasteiger partial charge in [-0.05, 0) is 72.1 Å². The third kappa shape index (κ3) is 8.88. The standard InChI is InChI=1S/C26H32ClN3O5.C7H7ClO/c27-19-3-6-24-23(15-19)22-7-9-30(17-33)26(25(22)28-24)18-1-4-21(5-2-18)35-14-8-20(34)16-29(10-12-31)11-13-32;1-9-7-4-2-6(8)3-5-7/h1-6,15,17,20,26,28,31-32,34H,7-14,16H2;2-5H,1H3. The van der Waals surface area contributed by atoms with Gasteiger partial charge in [-0.15, -0.1) is 0 Å². The lowest BCUT2D eigenvalue weighted by Crippen LogP contribution is -2.37. The van der Waals surface area contributed by atoms with Gasteiger partial charge in [-0.25, -0.2) is 0 Å². The number of hydrogen-bond acceptors (Lipinski definition) is 7. The molecule has 9 nitrogen and oxygen atoms in total. The number of carbonyl (C=O) groups excluding carboxylic acids is 1. The number of amides is 1. The number of nitrogens with zero attached hydrogens (tertiary/aromatic N) is 2. The normalized spacial score (nSPS) is 15.0. The van der Waals surface area contributed by atoms with Crippen molar-refractivity contribution in [2.75, 3.05) is 53.1 Å². The number of carbonyl (C=O) groups is 1. The van der Waals surface area contributed by atoms with Gasteiger partial charge in [0, 0.05) is 59.2 Å². The van der Waals surface area contributed by atoms with Crippen LogP contribution in [0.25, 0.3) is 10.9 Å². The number of H-pyrrole nitrogens is 1. The van der Waals surface area contributed by atoms with Gasteiger partial charge in [0.1, 0.15) is 11.5 Å². The molecule has 4 aromatic rings. The third-order valence-corrected chi connectivity index (χ3v) is 8.02. The van der Waals surface area contributed by atoms with Gasteiger partial charge in [-0.1, -0.05) is 35.3 Å². The molecule has 5 rings (SSSR count). The van der Waals surface area contributed by atoms with Crippen molar-refractivity contribution in [3.05, 3.63) is 93.6 Å². The molecular weight excluding hydrogens is 605 g/mol. The predicted octanol–water partition coefficient (Wildman–Crippen LogP) is 4.69. The smallest absolute Gasteiger partial charge is 0.210 e. The molecule has 236 valence electrons. The molecule has 44 heavy (non-hydrogen) atoms. The van der Waals surface area contributed by atoms with Crippen LogP contribution in [0.4, 0.5) is 0 Å². The number of rotatable bonds is 13. The number of halogens is 2. The summed E-state index contributed by atoms with van der Waals surface area (Å²) < 4.78 is 10.7. The minimum atomic E-state index is -0.621. The fourth-order valence-corrected chi connectivity index (χ4v) is 5.65. The molecule has 3 aromatic carbocycles. The first-order valence-electron chi connectivity index (χ1n) is 14.5. The minimum absolute atomic E-state index is 0.0220. The number of methoxy groups -OCH3 is 1. The lowest BCUT2D eigenvalue weighted by molar-refractivity contribution is -0.120. The van der Waals surface area contributed by atoms with Crippen molar-refractivity contribution in [1.82, 2.24) is 14.8 Å². The summed E-state index contributed by atoms with van der Waals surface area (Å²) in [6.45, 7) is 2.10. The fraction of sp³-hybridized carbons (Fsp3) is 0.364. The Labute approximate surface area is 267 Å². The van der Waals surface area contributed by atoms with E-state index in [2.05, 4.69) is 4.98 Å². The Bertz CT molecular complexity index is 1460. The Kier molecular flexibility index (Phi) is 12.7. The monoisotopic (exact) mass is 643 g/mol. The van der Waals surface area contributed by atoms with Crippen molar-refractivity contribution in [2.45, 2.75) is 25.0 Å². The van der Waals surface area contributed by atoms with Crippen LogP contribution in [0.1, 0.15) is 29.3 Å². The molecule has 0 saturated heterocycles. The summed E-state index contributed by atoms with van der Waals surface area (Å²) >= 11 is 11.8. The molecule has 0 radical (unpaired) electrons. The van der Waals surface area contributed by atoms with E-state index in [1.807, 2.05) is 59.5 Å². The van der Waals surface area contributed by atoms with Gasteiger partial charge in [-0.2, -0.15) is 0 Å². The summed E-state index contributed by atoms with van der Waals surface area (Å²) in [6.07, 6.45) is 1.47. The van der Waals surface area contributed by atoms with E-state index in [4.69, 9.17) is 42.9 Å². The number of hydrogen-bond donors (Lipinski definition) is 4. The molecule has 2 heterocycles. The quantitative estimate of drug-likeness (QED) is 0.156. The van der Waals surface area contributed by atoms with Crippen LogP contribution >= 0.6 is 23.2 Å². The molecule has 1 aliphatic heterocycles. The van der Waals surface area contributed by atoms with Gasteiger partial charge in [0.05, 0.1) is 39.1 Å². The maximum Gasteiger partial charge on any atom is 0.210 e. The first-order valence-corrected chi connectivity index (χ1v) is 15.3. The SMILES string of the molecule is COc1ccc(Cl)cc1.O=CN1CCc2c([nH]c3ccc(Cl)cc23)C1c1ccc(OCCC(O)CN(CCO)CCO)cc1. The number of fused-ring (bicyclic) bond motifs is 3. The molecule has 2 atom stereocenters. The van der Waals surface area contributed by atoms with E-state index in [-0.39, 0.29) is 19.3 Å². The molecule has 4 N–H and O–H groups in total. The molecule has 1 amide bonds. The van der Waals surface area contributed by atoms with Crippen LogP contribution < -0.4 is 9.47 Å². The Balaban J connectivity index is 0.000000421. The van der Waals surface area contributed by atoms with Crippen LogP contribution in [0.2, 0.25) is 10.0 Å². The van der Waals surface area contributed by atoms with Crippen LogP contribution in [-0.2, 0) is 11.2 Å². The van der Waals surface area contributed by atoms with Crippen LogP contribution in [0, 0.1) is 0 Å². The van der Waals surface area contributed by atoms with E-state index >= 15 is 0 Å². The molecule has 0 aliphatic carbocycles. The zero-order chi connectivity index (χ0) is 31.5. The highest BCUT2D eigenvalue weighted by atomic mass is 35.5. The van der Waals surface area contributed by atoms with Gasteiger partial charge >= 0.3 is 0 Å². The van der Waals surface area contributed by atoms with E-state index in [1.54, 1.807) is 24.1 Å². The molecule has 1 aliphatic rings. The molecule has 0 fully saturated rings. The number of aliphatic hydroxyl groups is 3. The summed E-state index contributed by atoms with van der Waals surface area (Å²) in [5.74, 6) is 1.51. The first-order chi connectivity index (χ1) is 21.4. The van der Waals surface area contributed by atoms with E-state index in [1.165, 1.54) is 5.56 Å². The largest absolute Gasteiger partial charge is 0.497 e. The lowest BCUT2D eigenvalue weighted by Gasteiger charge is -2.33. The van der Waals surface area contributed by atoms with Gasteiger partial charge in [0.15, 0.2) is 0 Å². The number of aromatic nitrogens is 1. The van der Waals surface area contributed by atoms with Gasteiger partial charge < -0.3 is 34.7 Å². The van der Waals surface area contributed by atoms with Crippen molar-refractivity contribution in [1.29, 1.82) is 0 Å². The van der Waals surface area contributed by atoms with Gasteiger partial charge in [0.2, 0.25) is 6.41 Å². The van der Waals surface area contributed by atoms with Crippen LogP contribution in [0.5, 0.6) is 11.5 Å². The maximum absolute atomic E-state index is 11.9. The summed E-state index contributed by atoms with van der Waals surface area (Å²) in [4.78, 5) is 19.0. The molecule has 2 unspecified atom stereocenters. The second-order valence-electron chi connectivity index (χ2n) is 10.5. The molecule has 0 bridgehead atoms. The molecule has 1 aromatic heterocycles. The Morgan fingerprint density at radius 2 is 1.66 bits per heavy atom. The van der Waals surface area contributed by atoms with Crippen molar-refractivity contribution in [2.24, 2.45) is 0 Å². The van der Waals surface area contributed by atoms with E-state index in [9.17, 15) is 9.90 Å². The summed E-state index contributed by atoms with van der Waals surface area (Å²) in [5, 5.41) is 31.0. The van der Waals surface area contributed by atoms with Crippen molar-refractivity contribution >= 4 is 40.5 Å². The minimum Gasteiger partial charge on any atom is -0.497 e. The fourth-order valence-electron chi connectivity index (χ4n) is 5.35. The lowest BCUT2D eigenvalue weighted by atomic mass is 9.93. The van der Waals surface area contributed by atoms with Crippen molar-refractivity contribution in [3.63, 3.8) is 0 Å². The topological polar surface area (TPSA) is 118 Å². The second-order valence-corrected chi connectivity index (χ2v) is 11.3. The van der Waals surface area contributed by atoms with E-state index in [0.717, 1.165) is 45.8 Å². The summed E-state index contributed by atoms with van der Waals surface area (Å²) in [7, 11) is 1.63. The van der Waals surface area contributed by atoms with Crippen LogP contribution in [-0.4, -0.2) is 95.7 Å². The van der Waals surface area contributed by atoms with Gasteiger partial charge in [0.25, 0.3) is 0 Å². The maximum atomic E-state index is 11.9. The number of aliphatic hydroxyl groups excluding tert-OH is 3. The Morgan fingerprint density at radius 1 is 1.00 bits per heavy atom. The highest BCUT2D eigenvalue weighted by Gasteiger charge is 2.31. The Morgan fingerprint density at radius 3 is 2.30 bits per heavy atom. The molecule has 0 saturated carbocycles. The average Bonchev–Trinajstić information content (AvgIpc) is 3.39. The number of nitrogens with one attached hydrogen (secondary N) is 1. The van der Waals surface area contributed by atoms with Crippen LogP contribution in [0.15, 0.2) is 66.7 Å². The van der Waals surface area contributed by atoms with Gasteiger partial charge in [-0.3, -0.25) is 9.69 Å². The van der Waals surface area contributed by atoms with Crippen molar-refractivity contribution in [3.8, 4) is 11.5 Å². The average molecular weight is 645 g/mol. The van der Waals surface area contributed by atoms with E-state index in [0.29, 0.717) is 50.0 Å². The predicted molar refractivity (Wildman–Crippen MR) is 173 cm³/mol. The molecule has 0 spiro atoms. The summed E-state index contributed by atoms with van der Waals surface area (Å²) in [5.41, 5.74) is 4.18. The second kappa shape index (κ2) is 16.7. The number of ether oxygens (including phenoxy) is 2.